The van der Waals surface area contributed by atoms with Gasteiger partial charge < -0.3 is 8.83 Å². The van der Waals surface area contributed by atoms with E-state index in [9.17, 15) is 4.21 Å². The molecular formula is C94H144N3O3S2+. The number of nitrogens with zero attached hydrogens (tertiary/aromatic N) is 3. The van der Waals surface area contributed by atoms with Gasteiger partial charge in [-0.3, -0.25) is 0 Å². The van der Waals surface area contributed by atoms with Crippen molar-refractivity contribution in [1.29, 1.82) is 0 Å². The molecule has 0 bridgehead atoms. The van der Waals surface area contributed by atoms with Crippen LogP contribution in [0.25, 0.3) is 75.4 Å². The molecule has 6 nitrogen and oxygen atoms in total. The van der Waals surface area contributed by atoms with Gasteiger partial charge in [-0.15, -0.1) is 11.3 Å². The number of fused-ring (bicyclic) bond motifs is 13. The van der Waals surface area contributed by atoms with Gasteiger partial charge in [0.15, 0.2) is 17.4 Å². The summed E-state index contributed by atoms with van der Waals surface area (Å²) in [6.07, 6.45) is 4.47. The number of furan rings is 1. The van der Waals surface area contributed by atoms with Crippen LogP contribution in [0.5, 0.6) is 0 Å². The maximum atomic E-state index is 12.0. The van der Waals surface area contributed by atoms with Crippen LogP contribution in [0.1, 0.15) is 239 Å². The summed E-state index contributed by atoms with van der Waals surface area (Å²) in [5.41, 5.74) is 12.6. The monoisotopic (exact) mass is 1430 g/mol. The van der Waals surface area contributed by atoms with E-state index in [1.54, 1.807) is 6.20 Å². The first-order valence-corrected chi connectivity index (χ1v) is 40.9. The molecule has 9 aromatic carbocycles. The molecule has 4 aromatic heterocycles. The Labute approximate surface area is 632 Å². The maximum absolute atomic E-state index is 12.0. The molecule has 0 spiro atoms. The summed E-state index contributed by atoms with van der Waals surface area (Å²) >= 11 is 1.86. The Morgan fingerprint density at radius 1 is 0.382 bits per heavy atom. The fourth-order valence-corrected chi connectivity index (χ4v) is 12.1. The van der Waals surface area contributed by atoms with Gasteiger partial charge >= 0.3 is 0 Å². The van der Waals surface area contributed by atoms with E-state index < -0.39 is 10.8 Å². The predicted molar refractivity (Wildman–Crippen MR) is 469 cm³/mol. The first-order valence-electron chi connectivity index (χ1n) is 38.9. The first kappa shape index (κ1) is 105. The Morgan fingerprint density at radius 2 is 0.686 bits per heavy atom. The van der Waals surface area contributed by atoms with E-state index in [2.05, 4.69) is 187 Å². The van der Waals surface area contributed by atoms with Crippen LogP contribution in [0.4, 0.5) is 0 Å². The molecule has 0 N–H and O–H groups in total. The molecule has 1 aliphatic carbocycles. The standard InChI is InChI=1S/C15H14.C12H8OS.C12H8O.C12H8S.C10H13N2.C3H3NO.15C2H6/c1-15(2)13-9-5-3-7-11(13)12-8-4-6-10-14(12)15;13-14-11-7-3-1-5-9(11)10-6-2-4-8-12(10)14;2*1-3-7-11-9(5-1)10-6-2-4-8-12(10)13-11;1-8-11(2)9-6-4-5-7-10(9)12(8)3;1-2-5-3-4-1;15*1-2/h3-10H,1-2H3;1-8H;2*1-8H;4-7H,1-3H3;1-3H;15*1-2H3/q;;;;+1;;;;;;;;;;;;;;;;. The van der Waals surface area contributed by atoms with Crippen LogP contribution in [0, 0.1) is 6.92 Å². The third-order valence-electron chi connectivity index (χ3n) is 13.4. The molecule has 8 heteroatoms. The Hall–Kier alpha value is -8.17. The van der Waals surface area contributed by atoms with E-state index in [1.165, 1.54) is 82.7 Å². The fraction of sp³-hybridized carbons (Fsp3) is 0.383. The molecule has 15 rings (SSSR count). The lowest BCUT2D eigenvalue weighted by molar-refractivity contribution is -0.652. The topological polar surface area (TPSA) is 65.0 Å². The summed E-state index contributed by atoms with van der Waals surface area (Å²) in [4.78, 5) is 5.43. The number of thiophene rings is 1. The van der Waals surface area contributed by atoms with Gasteiger partial charge in [0.1, 0.15) is 17.4 Å². The van der Waals surface area contributed by atoms with Gasteiger partial charge in [0.2, 0.25) is 0 Å². The summed E-state index contributed by atoms with van der Waals surface area (Å²) in [5, 5.41) is 5.14. The SMILES string of the molecule is CC.CC.CC.CC.CC.CC.CC.CC.CC.CC.CC.CC.CC.CC.CC.CC1(C)c2ccccc2-c2ccccc21.Cc1n(C)c2ccccc2[n+]1C.O=S1c2ccccc2-c2ccccc21.c1ccc2c(c1)oc1ccccc12.c1ccc2c(c1)sc1ccccc12.c1cocn1. The summed E-state index contributed by atoms with van der Waals surface area (Å²) in [7, 11) is 3.22. The van der Waals surface area contributed by atoms with Gasteiger partial charge in [-0.1, -0.05) is 391 Å². The molecule has 102 heavy (non-hydrogen) atoms. The van der Waals surface area contributed by atoms with Crippen molar-refractivity contribution in [3.8, 4) is 22.3 Å². The van der Waals surface area contributed by atoms with E-state index in [-0.39, 0.29) is 5.41 Å². The second-order valence-electron chi connectivity index (χ2n) is 18.0. The highest BCUT2D eigenvalue weighted by Gasteiger charge is 2.34. The summed E-state index contributed by atoms with van der Waals surface area (Å²) < 4.78 is 29.3. The third-order valence-corrected chi connectivity index (χ3v) is 16.1. The van der Waals surface area contributed by atoms with Crippen molar-refractivity contribution >= 4 is 75.3 Å². The van der Waals surface area contributed by atoms with E-state index in [0.29, 0.717) is 0 Å². The second kappa shape index (κ2) is 68.6. The molecule has 0 atom stereocenters. The zero-order chi connectivity index (χ0) is 79.6. The maximum Gasteiger partial charge on any atom is 0.253 e. The van der Waals surface area contributed by atoms with E-state index in [4.69, 9.17) is 4.42 Å². The number of oxazole rings is 1. The van der Waals surface area contributed by atoms with Crippen molar-refractivity contribution in [1.82, 2.24) is 9.55 Å². The van der Waals surface area contributed by atoms with Crippen LogP contribution in [-0.2, 0) is 30.3 Å². The fourth-order valence-electron chi connectivity index (χ4n) is 9.62. The molecule has 0 saturated heterocycles. The van der Waals surface area contributed by atoms with E-state index >= 15 is 0 Å². The normalized spacial score (nSPS) is 9.60. The van der Waals surface area contributed by atoms with Crippen LogP contribution in [-0.4, -0.2) is 13.8 Å². The molecule has 1 aliphatic heterocycles. The Bertz CT molecular complexity index is 3640. The van der Waals surface area contributed by atoms with Crippen molar-refractivity contribution in [3.05, 3.63) is 254 Å². The average molecular weight is 1430 g/mol. The largest absolute Gasteiger partial charge is 0.456 e. The number of aryl methyl sites for hydroxylation is 2. The van der Waals surface area contributed by atoms with Crippen LogP contribution < -0.4 is 4.57 Å². The molecule has 564 valence electrons. The minimum atomic E-state index is -0.973. The zero-order valence-corrected chi connectivity index (χ0v) is 72.5. The van der Waals surface area contributed by atoms with Crippen molar-refractivity contribution in [2.45, 2.75) is 244 Å². The molecule has 0 unspecified atom stereocenters. The van der Waals surface area contributed by atoms with Gasteiger partial charge in [-0.25, -0.2) is 18.3 Å². The number of hydrogen-bond acceptors (Lipinski definition) is 5. The Morgan fingerprint density at radius 3 is 1.03 bits per heavy atom. The van der Waals surface area contributed by atoms with Crippen molar-refractivity contribution in [3.63, 3.8) is 0 Å². The predicted octanol–water partition coefficient (Wildman–Crippen LogP) is 31.8. The lowest BCUT2D eigenvalue weighted by Gasteiger charge is -2.20. The number of para-hydroxylation sites is 4. The zero-order valence-electron chi connectivity index (χ0n) is 70.9. The molecule has 5 heterocycles. The van der Waals surface area contributed by atoms with Gasteiger partial charge in [0.05, 0.1) is 40.9 Å². The van der Waals surface area contributed by atoms with Gasteiger partial charge in [-0.2, -0.15) is 0 Å². The molecule has 0 fully saturated rings. The summed E-state index contributed by atoms with van der Waals surface area (Å²) in [6.45, 7) is 66.7. The Kier molecular flexibility index (Phi) is 70.5. The second-order valence-corrected chi connectivity index (χ2v) is 20.5. The van der Waals surface area contributed by atoms with E-state index in [0.717, 1.165) is 32.1 Å². The van der Waals surface area contributed by atoms with E-state index in [1.807, 2.05) is 304 Å². The smallest absolute Gasteiger partial charge is 0.253 e. The van der Waals surface area contributed by atoms with Crippen LogP contribution in [0.2, 0.25) is 0 Å². The van der Waals surface area contributed by atoms with Crippen LogP contribution in [0.3, 0.4) is 0 Å². The summed E-state index contributed by atoms with van der Waals surface area (Å²) in [6, 6.07) is 75.0. The highest BCUT2D eigenvalue weighted by Crippen LogP contribution is 2.48. The summed E-state index contributed by atoms with van der Waals surface area (Å²) in [5.74, 6) is 1.27. The first-order chi connectivity index (χ1) is 50.2. The minimum absolute atomic E-state index is 0.160. The molecule has 13 aromatic rings. The molecule has 0 radical (unpaired) electrons. The quantitative estimate of drug-likeness (QED) is 0.142. The lowest BCUT2D eigenvalue weighted by Crippen LogP contribution is -2.30. The van der Waals surface area contributed by atoms with Gasteiger partial charge in [0.25, 0.3) is 5.82 Å². The lowest BCUT2D eigenvalue weighted by atomic mass is 9.82. The Balaban J connectivity index is -0.000000254. The molecule has 0 amide bonds. The van der Waals surface area contributed by atoms with Gasteiger partial charge in [0, 0.05) is 43.3 Å². The minimum Gasteiger partial charge on any atom is -0.456 e. The van der Waals surface area contributed by atoms with Crippen LogP contribution in [0.15, 0.2) is 256 Å². The third kappa shape index (κ3) is 31.2. The number of hydrogen-bond donors (Lipinski definition) is 0. The number of aromatic nitrogens is 3. The molecule has 2 aliphatic rings. The van der Waals surface area contributed by atoms with Crippen LogP contribution >= 0.6 is 11.3 Å². The average Bonchev–Trinajstić information content (AvgIpc) is 1.59. The van der Waals surface area contributed by atoms with Crippen molar-refractivity contribution in [2.24, 2.45) is 14.1 Å². The number of rotatable bonds is 0. The van der Waals surface area contributed by atoms with Gasteiger partial charge in [-0.05, 0) is 81.9 Å². The molecular weight excluding hydrogens is 1280 g/mol. The highest BCUT2D eigenvalue weighted by molar-refractivity contribution is 7.85. The van der Waals surface area contributed by atoms with Crippen molar-refractivity contribution < 1.29 is 17.6 Å². The highest BCUT2D eigenvalue weighted by atomic mass is 32.2. The molecule has 0 saturated carbocycles. The number of benzene rings is 9. The number of imidazole rings is 1. The van der Waals surface area contributed by atoms with Crippen molar-refractivity contribution in [2.75, 3.05) is 0 Å².